The predicted octanol–water partition coefficient (Wildman–Crippen LogP) is 2.40. The van der Waals surface area contributed by atoms with Crippen molar-refractivity contribution in [1.29, 1.82) is 0 Å². The molecule has 7 heteroatoms. The molecule has 1 aromatic rings. The molecular weight excluding hydrogens is 350 g/mol. The van der Waals surface area contributed by atoms with Gasteiger partial charge in [-0.15, -0.1) is 0 Å². The van der Waals surface area contributed by atoms with Gasteiger partial charge in [-0.1, -0.05) is 39.3 Å². The average Bonchev–Trinajstić information content (AvgIpc) is 2.90. The summed E-state index contributed by atoms with van der Waals surface area (Å²) < 4.78 is 27.1. The molecule has 1 fully saturated rings. The molecule has 3 rings (SSSR count). The number of carbonyl (C=O) groups excluding carboxylic acids is 1. The molecule has 0 aromatic heterocycles. The van der Waals surface area contributed by atoms with Crippen LogP contribution in [0, 0.1) is 11.8 Å². The molecule has 2 atom stereocenters. The molecule has 0 radical (unpaired) electrons. The van der Waals surface area contributed by atoms with E-state index in [0.717, 1.165) is 32.4 Å². The number of rotatable bonds is 4. The highest BCUT2D eigenvalue weighted by Crippen LogP contribution is 2.25. The van der Waals surface area contributed by atoms with Crippen molar-refractivity contribution in [2.24, 2.45) is 16.8 Å². The summed E-state index contributed by atoms with van der Waals surface area (Å²) >= 11 is 0. The Balaban J connectivity index is 1.92. The summed E-state index contributed by atoms with van der Waals surface area (Å²) in [7, 11) is -3.60. The number of piperidine rings is 1. The number of hydrogen-bond acceptors (Lipinski definition) is 4. The van der Waals surface area contributed by atoms with Crippen LogP contribution in [0.4, 0.5) is 0 Å². The minimum Gasteiger partial charge on any atom is -0.341 e. The van der Waals surface area contributed by atoms with E-state index in [0.29, 0.717) is 11.5 Å². The minimum absolute atomic E-state index is 0.00216. The van der Waals surface area contributed by atoms with Crippen molar-refractivity contribution in [3.05, 3.63) is 29.8 Å². The van der Waals surface area contributed by atoms with Crippen LogP contribution in [0.2, 0.25) is 0 Å². The molecule has 26 heavy (non-hydrogen) atoms. The van der Waals surface area contributed by atoms with Crippen LogP contribution in [-0.4, -0.2) is 44.2 Å². The Morgan fingerprint density at radius 2 is 1.96 bits per heavy atom. The molecule has 0 unspecified atom stereocenters. The Morgan fingerprint density at radius 1 is 1.31 bits per heavy atom. The second kappa shape index (κ2) is 7.39. The Hall–Kier alpha value is -1.89. The Labute approximate surface area is 155 Å². The first kappa shape index (κ1) is 18.9. The highest BCUT2D eigenvalue weighted by atomic mass is 32.2. The SMILES string of the molecule is CC[C@@H](C)[C@H](N=C1NS(=O)(=O)c2ccccc21)C(=O)N1CCC(C)CC1. The van der Waals surface area contributed by atoms with E-state index in [1.807, 2.05) is 18.7 Å². The molecule has 0 saturated carbocycles. The number of hydrogen-bond donors (Lipinski definition) is 1. The molecule has 1 amide bonds. The molecule has 142 valence electrons. The van der Waals surface area contributed by atoms with Gasteiger partial charge < -0.3 is 4.90 Å². The average molecular weight is 378 g/mol. The monoisotopic (exact) mass is 377 g/mol. The summed E-state index contributed by atoms with van der Waals surface area (Å²) in [6.07, 6.45) is 2.81. The number of fused-ring (bicyclic) bond motifs is 1. The van der Waals surface area contributed by atoms with Crippen LogP contribution in [0.25, 0.3) is 0 Å². The minimum atomic E-state index is -3.60. The normalized spacial score (nSPS) is 23.3. The Kier molecular flexibility index (Phi) is 5.37. The molecule has 1 saturated heterocycles. The van der Waals surface area contributed by atoms with Crippen molar-refractivity contribution in [1.82, 2.24) is 9.62 Å². The summed E-state index contributed by atoms with van der Waals surface area (Å²) in [6.45, 7) is 7.73. The molecule has 0 bridgehead atoms. The summed E-state index contributed by atoms with van der Waals surface area (Å²) in [4.78, 5) is 19.8. The van der Waals surface area contributed by atoms with Crippen LogP contribution in [0.3, 0.4) is 0 Å². The first-order chi connectivity index (χ1) is 12.3. The van der Waals surface area contributed by atoms with Crippen LogP contribution in [0.1, 0.15) is 45.6 Å². The van der Waals surface area contributed by atoms with Crippen molar-refractivity contribution >= 4 is 21.8 Å². The summed E-state index contributed by atoms with van der Waals surface area (Å²) in [5.41, 5.74) is 0.542. The third-order valence-corrected chi connectivity index (χ3v) is 6.86. The molecule has 2 aliphatic heterocycles. The summed E-state index contributed by atoms with van der Waals surface area (Å²) in [5, 5.41) is 0. The fourth-order valence-corrected chi connectivity index (χ4v) is 4.67. The quantitative estimate of drug-likeness (QED) is 0.875. The topological polar surface area (TPSA) is 78.8 Å². The van der Waals surface area contributed by atoms with Crippen molar-refractivity contribution < 1.29 is 13.2 Å². The van der Waals surface area contributed by atoms with Gasteiger partial charge in [-0.2, -0.15) is 0 Å². The van der Waals surface area contributed by atoms with Crippen molar-refractivity contribution in [2.75, 3.05) is 13.1 Å². The van der Waals surface area contributed by atoms with E-state index in [2.05, 4.69) is 16.6 Å². The largest absolute Gasteiger partial charge is 0.341 e. The van der Waals surface area contributed by atoms with Crippen LogP contribution < -0.4 is 4.72 Å². The van der Waals surface area contributed by atoms with E-state index in [1.54, 1.807) is 24.3 Å². The number of likely N-dealkylation sites (tertiary alicyclic amines) is 1. The van der Waals surface area contributed by atoms with Crippen LogP contribution in [-0.2, 0) is 14.8 Å². The fraction of sp³-hybridized carbons (Fsp3) is 0.579. The first-order valence-electron chi connectivity index (χ1n) is 9.32. The first-order valence-corrected chi connectivity index (χ1v) is 10.8. The van der Waals surface area contributed by atoms with E-state index in [1.165, 1.54) is 0 Å². The lowest BCUT2D eigenvalue weighted by molar-refractivity contribution is -0.135. The number of nitrogens with one attached hydrogen (secondary N) is 1. The van der Waals surface area contributed by atoms with Gasteiger partial charge in [-0.05, 0) is 36.8 Å². The predicted molar refractivity (Wildman–Crippen MR) is 102 cm³/mol. The number of carbonyl (C=O) groups is 1. The van der Waals surface area contributed by atoms with Crippen molar-refractivity contribution in [2.45, 2.75) is 51.0 Å². The molecule has 2 aliphatic rings. The maximum atomic E-state index is 13.1. The Bertz CT molecular complexity index is 811. The standard InChI is InChI=1S/C19H27N3O3S/c1-4-14(3)17(19(23)22-11-9-13(2)10-12-22)20-18-15-7-5-6-8-16(15)26(24,25)21-18/h5-8,13-14,17H,4,9-12H2,1-3H3,(H,20,21)/t14-,17+/m1/s1. The number of aliphatic imine (C=N–C) groups is 1. The lowest BCUT2D eigenvalue weighted by Crippen LogP contribution is -2.45. The zero-order valence-corrected chi connectivity index (χ0v) is 16.4. The maximum Gasteiger partial charge on any atom is 0.263 e. The van der Waals surface area contributed by atoms with Gasteiger partial charge >= 0.3 is 0 Å². The third-order valence-electron chi connectivity index (χ3n) is 5.46. The van der Waals surface area contributed by atoms with Gasteiger partial charge in [-0.25, -0.2) is 8.42 Å². The Morgan fingerprint density at radius 3 is 2.62 bits per heavy atom. The van der Waals surface area contributed by atoms with Crippen molar-refractivity contribution in [3.63, 3.8) is 0 Å². The highest BCUT2D eigenvalue weighted by molar-refractivity contribution is 7.90. The van der Waals surface area contributed by atoms with E-state index >= 15 is 0 Å². The number of amides is 1. The van der Waals surface area contributed by atoms with Gasteiger partial charge in [0.15, 0.2) is 0 Å². The lowest BCUT2D eigenvalue weighted by atomic mass is 9.95. The number of benzene rings is 1. The van der Waals surface area contributed by atoms with Gasteiger partial charge in [0.05, 0.1) is 4.90 Å². The molecule has 1 N–H and O–H groups in total. The molecule has 1 aromatic carbocycles. The van der Waals surface area contributed by atoms with Crippen LogP contribution >= 0.6 is 0 Å². The second-order valence-electron chi connectivity index (χ2n) is 7.42. The molecule has 0 spiro atoms. The zero-order valence-electron chi connectivity index (χ0n) is 15.6. The highest BCUT2D eigenvalue weighted by Gasteiger charge is 2.35. The summed E-state index contributed by atoms with van der Waals surface area (Å²) in [6, 6.07) is 6.19. The summed E-state index contributed by atoms with van der Waals surface area (Å²) in [5.74, 6) is 0.958. The maximum absolute atomic E-state index is 13.1. The smallest absolute Gasteiger partial charge is 0.263 e. The van der Waals surface area contributed by atoms with E-state index in [4.69, 9.17) is 0 Å². The molecule has 6 nitrogen and oxygen atoms in total. The number of amidine groups is 1. The van der Waals surface area contributed by atoms with Gasteiger partial charge in [0.2, 0.25) is 5.91 Å². The van der Waals surface area contributed by atoms with E-state index in [-0.39, 0.29) is 22.6 Å². The van der Waals surface area contributed by atoms with Crippen LogP contribution in [0.5, 0.6) is 0 Å². The lowest BCUT2D eigenvalue weighted by Gasteiger charge is -2.33. The van der Waals surface area contributed by atoms with Crippen molar-refractivity contribution in [3.8, 4) is 0 Å². The number of nitrogens with zero attached hydrogens (tertiary/aromatic N) is 2. The van der Waals surface area contributed by atoms with Gasteiger partial charge in [0.1, 0.15) is 11.9 Å². The number of sulfonamides is 1. The third kappa shape index (κ3) is 3.63. The van der Waals surface area contributed by atoms with Gasteiger partial charge in [0, 0.05) is 18.7 Å². The molecule has 2 heterocycles. The molecule has 0 aliphatic carbocycles. The zero-order chi connectivity index (χ0) is 18.9. The second-order valence-corrected chi connectivity index (χ2v) is 9.07. The van der Waals surface area contributed by atoms with Gasteiger partial charge in [-0.3, -0.25) is 14.5 Å². The van der Waals surface area contributed by atoms with E-state index in [9.17, 15) is 13.2 Å². The molecular formula is C19H27N3O3S. The van der Waals surface area contributed by atoms with Gasteiger partial charge in [0.25, 0.3) is 10.0 Å². The van der Waals surface area contributed by atoms with E-state index < -0.39 is 16.1 Å². The fourth-order valence-electron chi connectivity index (χ4n) is 3.43. The van der Waals surface area contributed by atoms with Crippen LogP contribution in [0.15, 0.2) is 34.2 Å².